The molecule has 3 aromatic rings. The number of aromatic nitrogens is 1. The molecule has 0 aliphatic heterocycles. The van der Waals surface area contributed by atoms with Gasteiger partial charge in [0.1, 0.15) is 0 Å². The molecule has 0 saturated heterocycles. The maximum absolute atomic E-state index is 2.34. The monoisotopic (exact) mass is 255 g/mol. The SMILES string of the molecule is CCc1ccc(Cn2ccc3c(C)cccc32)s1. The van der Waals surface area contributed by atoms with E-state index in [4.69, 9.17) is 0 Å². The lowest BCUT2D eigenvalue weighted by Crippen LogP contribution is -1.95. The molecule has 0 spiro atoms. The molecule has 2 heteroatoms. The third-order valence-electron chi connectivity index (χ3n) is 3.42. The van der Waals surface area contributed by atoms with Crippen LogP contribution in [-0.4, -0.2) is 4.57 Å². The number of aryl methyl sites for hydroxylation is 2. The van der Waals surface area contributed by atoms with Crippen molar-refractivity contribution in [3.63, 3.8) is 0 Å². The third kappa shape index (κ3) is 1.97. The van der Waals surface area contributed by atoms with E-state index < -0.39 is 0 Å². The van der Waals surface area contributed by atoms with E-state index in [1.807, 2.05) is 11.3 Å². The quantitative estimate of drug-likeness (QED) is 0.643. The van der Waals surface area contributed by atoms with Crippen molar-refractivity contribution in [3.05, 3.63) is 57.9 Å². The summed E-state index contributed by atoms with van der Waals surface area (Å²) in [7, 11) is 0. The molecule has 0 bridgehead atoms. The van der Waals surface area contributed by atoms with Gasteiger partial charge in [-0.15, -0.1) is 11.3 Å². The predicted molar refractivity (Wildman–Crippen MR) is 79.5 cm³/mol. The second-order valence-corrected chi connectivity index (χ2v) is 5.93. The van der Waals surface area contributed by atoms with E-state index in [-0.39, 0.29) is 0 Å². The summed E-state index contributed by atoms with van der Waals surface area (Å²) in [6.45, 7) is 5.37. The Morgan fingerprint density at radius 3 is 2.67 bits per heavy atom. The minimum Gasteiger partial charge on any atom is -0.342 e. The van der Waals surface area contributed by atoms with Crippen LogP contribution in [0.1, 0.15) is 22.2 Å². The summed E-state index contributed by atoms with van der Waals surface area (Å²) in [5.74, 6) is 0. The summed E-state index contributed by atoms with van der Waals surface area (Å²) < 4.78 is 2.34. The number of thiophene rings is 1. The first-order valence-corrected chi connectivity index (χ1v) is 7.21. The molecule has 0 atom stereocenters. The molecular formula is C16H17NS. The number of hydrogen-bond acceptors (Lipinski definition) is 1. The molecule has 2 heterocycles. The smallest absolute Gasteiger partial charge is 0.0569 e. The number of benzene rings is 1. The fraction of sp³-hybridized carbons (Fsp3) is 0.250. The minimum atomic E-state index is 0.984. The zero-order valence-corrected chi connectivity index (χ0v) is 11.6. The van der Waals surface area contributed by atoms with Gasteiger partial charge in [0, 0.05) is 26.9 Å². The Bertz CT molecular complexity index is 675. The lowest BCUT2D eigenvalue weighted by Gasteiger charge is -2.04. The van der Waals surface area contributed by atoms with Crippen LogP contribution in [0.4, 0.5) is 0 Å². The fourth-order valence-corrected chi connectivity index (χ4v) is 3.34. The van der Waals surface area contributed by atoms with E-state index in [0.29, 0.717) is 0 Å². The van der Waals surface area contributed by atoms with Gasteiger partial charge < -0.3 is 4.57 Å². The normalized spacial score (nSPS) is 11.2. The Morgan fingerprint density at radius 1 is 1.06 bits per heavy atom. The van der Waals surface area contributed by atoms with Crippen LogP contribution in [0.3, 0.4) is 0 Å². The Morgan fingerprint density at radius 2 is 1.89 bits per heavy atom. The Hall–Kier alpha value is -1.54. The lowest BCUT2D eigenvalue weighted by atomic mass is 10.1. The zero-order chi connectivity index (χ0) is 12.5. The Labute approximate surface area is 112 Å². The summed E-state index contributed by atoms with van der Waals surface area (Å²) in [6.07, 6.45) is 3.33. The molecule has 3 rings (SSSR count). The van der Waals surface area contributed by atoms with Crippen LogP contribution in [0.15, 0.2) is 42.6 Å². The first-order chi connectivity index (χ1) is 8.78. The molecule has 0 unspecified atom stereocenters. The maximum Gasteiger partial charge on any atom is 0.0569 e. The summed E-state index contributed by atoms with van der Waals surface area (Å²) in [5, 5.41) is 1.37. The Balaban J connectivity index is 1.97. The van der Waals surface area contributed by atoms with Crippen LogP contribution in [-0.2, 0) is 13.0 Å². The maximum atomic E-state index is 2.34. The van der Waals surface area contributed by atoms with E-state index in [9.17, 15) is 0 Å². The van der Waals surface area contributed by atoms with Crippen molar-refractivity contribution in [3.8, 4) is 0 Å². The van der Waals surface area contributed by atoms with Gasteiger partial charge in [-0.25, -0.2) is 0 Å². The molecule has 1 nitrogen and oxygen atoms in total. The molecule has 0 aliphatic rings. The van der Waals surface area contributed by atoms with Crippen molar-refractivity contribution in [2.75, 3.05) is 0 Å². The van der Waals surface area contributed by atoms with E-state index in [1.54, 1.807) is 0 Å². The van der Waals surface area contributed by atoms with Crippen LogP contribution in [0, 0.1) is 6.92 Å². The molecule has 0 saturated carbocycles. The zero-order valence-electron chi connectivity index (χ0n) is 10.8. The highest BCUT2D eigenvalue weighted by Gasteiger charge is 2.05. The van der Waals surface area contributed by atoms with Gasteiger partial charge >= 0.3 is 0 Å². The summed E-state index contributed by atoms with van der Waals surface area (Å²) in [5.41, 5.74) is 2.69. The summed E-state index contributed by atoms with van der Waals surface area (Å²) >= 11 is 1.92. The highest BCUT2D eigenvalue weighted by atomic mass is 32.1. The highest BCUT2D eigenvalue weighted by Crippen LogP contribution is 2.23. The number of nitrogens with zero attached hydrogens (tertiary/aromatic N) is 1. The van der Waals surface area contributed by atoms with Crippen LogP contribution in [0.2, 0.25) is 0 Å². The second kappa shape index (κ2) is 4.62. The molecular weight excluding hydrogens is 238 g/mol. The Kier molecular flexibility index (Phi) is 2.96. The van der Waals surface area contributed by atoms with Gasteiger partial charge in [0.05, 0.1) is 6.54 Å². The first-order valence-electron chi connectivity index (χ1n) is 6.40. The summed E-state index contributed by atoms with van der Waals surface area (Å²) in [4.78, 5) is 2.91. The molecule has 0 amide bonds. The standard InChI is InChI=1S/C16H17NS/c1-3-13-7-8-14(18-13)11-17-10-9-15-12(2)5-4-6-16(15)17/h4-10H,3,11H2,1-2H3. The van der Waals surface area contributed by atoms with Gasteiger partial charge in [-0.1, -0.05) is 19.1 Å². The van der Waals surface area contributed by atoms with Gasteiger partial charge in [-0.05, 0) is 43.2 Å². The highest BCUT2D eigenvalue weighted by molar-refractivity contribution is 7.11. The van der Waals surface area contributed by atoms with Crippen molar-refractivity contribution in [2.45, 2.75) is 26.8 Å². The van der Waals surface area contributed by atoms with E-state index >= 15 is 0 Å². The molecule has 0 aliphatic carbocycles. The molecule has 0 fully saturated rings. The molecule has 0 radical (unpaired) electrons. The molecule has 92 valence electrons. The number of rotatable bonds is 3. The van der Waals surface area contributed by atoms with Crippen LogP contribution in [0.5, 0.6) is 0 Å². The minimum absolute atomic E-state index is 0.984. The largest absolute Gasteiger partial charge is 0.342 e. The van der Waals surface area contributed by atoms with Gasteiger partial charge in [-0.2, -0.15) is 0 Å². The average molecular weight is 255 g/mol. The van der Waals surface area contributed by atoms with Crippen molar-refractivity contribution in [2.24, 2.45) is 0 Å². The number of hydrogen-bond donors (Lipinski definition) is 0. The average Bonchev–Trinajstić information content (AvgIpc) is 2.98. The topological polar surface area (TPSA) is 4.93 Å². The lowest BCUT2D eigenvalue weighted by molar-refractivity contribution is 0.851. The molecule has 0 N–H and O–H groups in total. The van der Waals surface area contributed by atoms with Crippen molar-refractivity contribution < 1.29 is 0 Å². The molecule has 1 aromatic carbocycles. The van der Waals surface area contributed by atoms with Gasteiger partial charge in [0.2, 0.25) is 0 Å². The number of fused-ring (bicyclic) bond motifs is 1. The van der Waals surface area contributed by atoms with Gasteiger partial charge in [0.25, 0.3) is 0 Å². The van der Waals surface area contributed by atoms with Crippen molar-refractivity contribution >= 4 is 22.2 Å². The van der Waals surface area contributed by atoms with E-state index in [0.717, 1.165) is 13.0 Å². The third-order valence-corrected chi connectivity index (χ3v) is 4.64. The first kappa shape index (κ1) is 11.5. The van der Waals surface area contributed by atoms with Gasteiger partial charge in [-0.3, -0.25) is 0 Å². The molecule has 2 aromatic heterocycles. The van der Waals surface area contributed by atoms with Gasteiger partial charge in [0.15, 0.2) is 0 Å². The van der Waals surface area contributed by atoms with E-state index in [2.05, 4.69) is 61.0 Å². The second-order valence-electron chi connectivity index (χ2n) is 4.67. The van der Waals surface area contributed by atoms with Crippen molar-refractivity contribution in [1.82, 2.24) is 4.57 Å². The van der Waals surface area contributed by atoms with Crippen LogP contribution < -0.4 is 0 Å². The van der Waals surface area contributed by atoms with Crippen LogP contribution >= 0.6 is 11.3 Å². The fourth-order valence-electron chi connectivity index (χ4n) is 2.38. The van der Waals surface area contributed by atoms with E-state index in [1.165, 1.54) is 26.2 Å². The summed E-state index contributed by atoms with van der Waals surface area (Å²) in [6, 6.07) is 13.2. The van der Waals surface area contributed by atoms with Crippen molar-refractivity contribution in [1.29, 1.82) is 0 Å². The molecule has 18 heavy (non-hydrogen) atoms. The van der Waals surface area contributed by atoms with Crippen LogP contribution in [0.25, 0.3) is 10.9 Å². The predicted octanol–water partition coefficient (Wildman–Crippen LogP) is 4.62.